The van der Waals surface area contributed by atoms with E-state index in [-0.39, 0.29) is 42.6 Å². The summed E-state index contributed by atoms with van der Waals surface area (Å²) in [6.07, 6.45) is 3.18. The number of carbonyl (C=O) groups excluding carboxylic acids is 5. The number of hydroxylamine groups is 1. The van der Waals surface area contributed by atoms with Crippen LogP contribution >= 0.6 is 0 Å². The average Bonchev–Trinajstić information content (AvgIpc) is 3.43. The molecule has 0 spiro atoms. The molecule has 13 heteroatoms. The van der Waals surface area contributed by atoms with Crippen molar-refractivity contribution in [3.8, 4) is 22.3 Å². The molecule has 7 N–H and O–H groups in total. The average molecular weight is 1100 g/mol. The number of carbonyl (C=O) groups is 6. The van der Waals surface area contributed by atoms with Gasteiger partial charge in [-0.1, -0.05) is 199 Å². The third-order valence-electron chi connectivity index (χ3n) is 14.7. The third kappa shape index (κ3) is 20.3. The van der Waals surface area contributed by atoms with Crippen molar-refractivity contribution in [1.29, 1.82) is 0 Å². The van der Waals surface area contributed by atoms with E-state index in [1.807, 2.05) is 152 Å². The number of benzene rings is 6. The zero-order chi connectivity index (χ0) is 59.3. The predicted molar refractivity (Wildman–Crippen MR) is 322 cm³/mol. The molecule has 5 amide bonds. The Morgan fingerprint density at radius 1 is 0.457 bits per heavy atom. The minimum atomic E-state index is -1.03. The minimum Gasteiger partial charge on any atom is -0.481 e. The van der Waals surface area contributed by atoms with Crippen LogP contribution < -0.4 is 26.7 Å². The monoisotopic (exact) mass is 1100 g/mol. The molecule has 430 valence electrons. The van der Waals surface area contributed by atoms with Crippen molar-refractivity contribution in [2.75, 3.05) is 0 Å². The molecule has 0 saturated carbocycles. The Kier molecular flexibility index (Phi) is 24.2. The van der Waals surface area contributed by atoms with Crippen molar-refractivity contribution in [3.05, 3.63) is 191 Å². The first-order valence-corrected chi connectivity index (χ1v) is 28.2. The molecule has 6 aromatic rings. The van der Waals surface area contributed by atoms with Crippen LogP contribution in [0.15, 0.2) is 158 Å². The maximum atomic E-state index is 13.5. The van der Waals surface area contributed by atoms with Crippen molar-refractivity contribution >= 4 is 35.5 Å². The van der Waals surface area contributed by atoms with Crippen LogP contribution in [0.4, 0.5) is 0 Å². The van der Waals surface area contributed by atoms with Gasteiger partial charge in [0.15, 0.2) is 0 Å². The Morgan fingerprint density at radius 2 is 0.802 bits per heavy atom. The fourth-order valence-electron chi connectivity index (χ4n) is 10.00. The van der Waals surface area contributed by atoms with Gasteiger partial charge in [-0.25, -0.2) is 5.48 Å². The molecular formula is C68H85N5O8. The molecule has 0 bridgehead atoms. The molecule has 0 aromatic heterocycles. The summed E-state index contributed by atoms with van der Waals surface area (Å²) in [4.78, 5) is 77.1. The summed E-state index contributed by atoms with van der Waals surface area (Å²) >= 11 is 0. The molecule has 6 atom stereocenters. The Labute approximate surface area is 480 Å². The van der Waals surface area contributed by atoms with E-state index < -0.39 is 52.5 Å². The van der Waals surface area contributed by atoms with Crippen LogP contribution in [0.1, 0.15) is 139 Å². The van der Waals surface area contributed by atoms with E-state index in [4.69, 9.17) is 5.21 Å². The number of aliphatic carboxylic acids is 1. The van der Waals surface area contributed by atoms with Crippen LogP contribution in [0.2, 0.25) is 0 Å². The third-order valence-corrected chi connectivity index (χ3v) is 14.7. The zero-order valence-electron chi connectivity index (χ0n) is 49.0. The van der Waals surface area contributed by atoms with Crippen LogP contribution in [0, 0.1) is 36.5 Å². The van der Waals surface area contributed by atoms with Crippen molar-refractivity contribution < 1.29 is 39.1 Å². The Bertz CT molecular complexity index is 2990. The van der Waals surface area contributed by atoms with E-state index in [9.17, 15) is 33.9 Å². The second-order valence-electron chi connectivity index (χ2n) is 23.4. The lowest BCUT2D eigenvalue weighted by atomic mass is 9.85. The molecule has 0 aliphatic heterocycles. The first-order valence-electron chi connectivity index (χ1n) is 28.2. The number of amides is 5. The summed E-state index contributed by atoms with van der Waals surface area (Å²) in [5.74, 6) is -4.46. The number of carboxylic acid groups (broad SMARTS) is 1. The van der Waals surface area contributed by atoms with Crippen LogP contribution in [0.5, 0.6) is 0 Å². The molecule has 6 aromatic carbocycles. The normalized spacial score (nSPS) is 13.6. The number of nitrogens with one attached hydrogen (secondary N) is 5. The van der Waals surface area contributed by atoms with Gasteiger partial charge < -0.3 is 26.4 Å². The SMILES string of the molecule is Cc1cc(CCC[C@H](CC(=O)NO)C(=O)N[C@H](C(=O)NC(C)c2ccccc2)C(C)(C)C)ccc1-c1ccccc1.Cc1cc(CCC[C@H](CC(=O)O)C(=O)N[C@H](C(=O)N[C@H](C)c2ccccc2)C(C)(C)C)ccc1-c1ccccc1. The van der Waals surface area contributed by atoms with E-state index in [2.05, 4.69) is 95.8 Å². The van der Waals surface area contributed by atoms with Gasteiger partial charge in [-0.15, -0.1) is 0 Å². The first kappa shape index (κ1) is 63.9. The van der Waals surface area contributed by atoms with Gasteiger partial charge in [-0.2, -0.15) is 0 Å². The van der Waals surface area contributed by atoms with Crippen LogP contribution in [0.25, 0.3) is 22.3 Å². The topological polar surface area (TPSA) is 203 Å². The zero-order valence-corrected chi connectivity index (χ0v) is 49.0. The van der Waals surface area contributed by atoms with E-state index in [0.29, 0.717) is 25.7 Å². The standard InChI is InChI=1S/C34H43N3O4.C34H42N2O4/c1-23-21-25(19-20-29(23)27-16-10-7-11-17-27)13-12-18-28(22-30(38)37-41)32(39)36-31(34(3,4)5)33(40)35-24(2)26-14-8-6-9-15-26;1-23-21-25(19-20-29(23)27-16-10-7-11-17-27)13-12-18-28(22-30(37)38)32(39)36-31(34(3,4)5)33(40)35-24(2)26-14-8-6-9-15-26/h6-11,14-17,19-21,24,28,31,41H,12-13,18,22H2,1-5H3,(H,35,40)(H,36,39)(H,37,38);6-11,14-17,19-21,24,28,31H,12-13,18,22H2,1-5H3,(H,35,40)(H,36,39)(H,37,38)/t24?,28-,31-;24-,28-,31-/m11/s1. The van der Waals surface area contributed by atoms with Gasteiger partial charge in [-0.3, -0.25) is 34.0 Å². The van der Waals surface area contributed by atoms with Crippen molar-refractivity contribution in [3.63, 3.8) is 0 Å². The molecule has 0 radical (unpaired) electrons. The Balaban J connectivity index is 0.000000297. The second-order valence-corrected chi connectivity index (χ2v) is 23.4. The minimum absolute atomic E-state index is 0.173. The van der Waals surface area contributed by atoms with Gasteiger partial charge in [-0.05, 0) is 133 Å². The van der Waals surface area contributed by atoms with E-state index in [0.717, 1.165) is 35.1 Å². The highest BCUT2D eigenvalue weighted by Gasteiger charge is 2.37. The molecule has 0 saturated heterocycles. The maximum absolute atomic E-state index is 13.5. The number of aryl methyl sites for hydroxylation is 4. The molecule has 1 unspecified atom stereocenters. The highest BCUT2D eigenvalue weighted by Crippen LogP contribution is 2.29. The number of rotatable bonds is 24. The number of hydrogen-bond acceptors (Lipinski definition) is 7. The lowest BCUT2D eigenvalue weighted by Gasteiger charge is -2.32. The summed E-state index contributed by atoms with van der Waals surface area (Å²) in [6.45, 7) is 19.3. The Morgan fingerprint density at radius 3 is 1.12 bits per heavy atom. The molecule has 13 nitrogen and oxygen atoms in total. The van der Waals surface area contributed by atoms with Gasteiger partial charge in [0, 0.05) is 18.3 Å². The van der Waals surface area contributed by atoms with E-state index >= 15 is 0 Å². The second kappa shape index (κ2) is 30.6. The fraction of sp³-hybridized carbons (Fsp3) is 0.382. The highest BCUT2D eigenvalue weighted by atomic mass is 16.5. The summed E-state index contributed by atoms with van der Waals surface area (Å²) in [6, 6.07) is 50.3. The summed E-state index contributed by atoms with van der Waals surface area (Å²) in [7, 11) is 0. The van der Waals surface area contributed by atoms with Gasteiger partial charge in [0.25, 0.3) is 0 Å². The quantitative estimate of drug-likeness (QED) is 0.0229. The maximum Gasteiger partial charge on any atom is 0.304 e. The smallest absolute Gasteiger partial charge is 0.304 e. The first-order chi connectivity index (χ1) is 38.4. The molecular weight excluding hydrogens is 1010 g/mol. The van der Waals surface area contributed by atoms with Gasteiger partial charge in [0.05, 0.1) is 18.5 Å². The van der Waals surface area contributed by atoms with Crippen LogP contribution in [-0.2, 0) is 41.6 Å². The molecule has 0 heterocycles. The summed E-state index contributed by atoms with van der Waals surface area (Å²) in [5.41, 5.74) is 11.8. The van der Waals surface area contributed by atoms with Gasteiger partial charge in [0.1, 0.15) is 12.1 Å². The van der Waals surface area contributed by atoms with E-state index in [1.54, 1.807) is 5.48 Å². The molecule has 0 fully saturated rings. The number of hydrogen-bond donors (Lipinski definition) is 7. The predicted octanol–water partition coefficient (Wildman–Crippen LogP) is 12.4. The highest BCUT2D eigenvalue weighted by molar-refractivity contribution is 5.92. The summed E-state index contributed by atoms with van der Waals surface area (Å²) in [5, 5.41) is 30.5. The van der Waals surface area contributed by atoms with Crippen molar-refractivity contribution in [2.45, 2.75) is 145 Å². The fourth-order valence-corrected chi connectivity index (χ4v) is 10.00. The Hall–Kier alpha value is -7.90. The van der Waals surface area contributed by atoms with Crippen molar-refractivity contribution in [1.82, 2.24) is 26.7 Å². The molecule has 81 heavy (non-hydrogen) atoms. The number of carboxylic acids is 1. The van der Waals surface area contributed by atoms with Crippen LogP contribution in [0.3, 0.4) is 0 Å². The molecule has 6 rings (SSSR count). The van der Waals surface area contributed by atoms with E-state index in [1.165, 1.54) is 33.4 Å². The lowest BCUT2D eigenvalue weighted by molar-refractivity contribution is -0.142. The van der Waals surface area contributed by atoms with Gasteiger partial charge >= 0.3 is 5.97 Å². The van der Waals surface area contributed by atoms with Crippen molar-refractivity contribution in [2.24, 2.45) is 22.7 Å². The van der Waals surface area contributed by atoms with Crippen LogP contribution in [-0.4, -0.2) is 57.9 Å². The molecule has 0 aliphatic rings. The summed E-state index contributed by atoms with van der Waals surface area (Å²) < 4.78 is 0. The largest absolute Gasteiger partial charge is 0.481 e. The van der Waals surface area contributed by atoms with Gasteiger partial charge in [0.2, 0.25) is 29.5 Å². The molecule has 0 aliphatic carbocycles. The lowest BCUT2D eigenvalue weighted by Crippen LogP contribution is -2.55.